The van der Waals surface area contributed by atoms with Gasteiger partial charge in [0.05, 0.1) is 19.3 Å². The van der Waals surface area contributed by atoms with E-state index in [1.54, 1.807) is 0 Å². The normalized spacial score (nSPS) is 31.4. The summed E-state index contributed by atoms with van der Waals surface area (Å²) in [5.74, 6) is 1.17. The Morgan fingerprint density at radius 2 is 2.38 bits per heavy atom. The molecule has 16 heavy (non-hydrogen) atoms. The van der Waals surface area contributed by atoms with E-state index in [9.17, 15) is 4.79 Å². The lowest BCUT2D eigenvalue weighted by molar-refractivity contribution is -0.130. The molecule has 4 heteroatoms. The molecular formula is C12H22N2O2. The molecule has 92 valence electrons. The number of amides is 1. The molecule has 2 aliphatic rings. The molecule has 0 radical (unpaired) electrons. The van der Waals surface area contributed by atoms with Crippen molar-refractivity contribution in [3.8, 4) is 0 Å². The van der Waals surface area contributed by atoms with Gasteiger partial charge in [-0.2, -0.15) is 0 Å². The van der Waals surface area contributed by atoms with Crippen molar-refractivity contribution in [3.05, 3.63) is 0 Å². The number of rotatable bonds is 3. The van der Waals surface area contributed by atoms with E-state index in [4.69, 9.17) is 4.74 Å². The third-order valence-corrected chi connectivity index (χ3v) is 3.48. The molecule has 0 spiro atoms. The molecule has 0 aromatic heterocycles. The molecule has 1 N–H and O–H groups in total. The summed E-state index contributed by atoms with van der Waals surface area (Å²) < 4.78 is 5.44. The summed E-state index contributed by atoms with van der Waals surface area (Å²) in [5.41, 5.74) is 0. The van der Waals surface area contributed by atoms with Crippen molar-refractivity contribution in [2.75, 3.05) is 26.4 Å². The number of hydrogen-bond donors (Lipinski definition) is 1. The average Bonchev–Trinajstić information content (AvgIpc) is 2.62. The fraction of sp³-hybridized carbons (Fsp3) is 0.917. The van der Waals surface area contributed by atoms with Crippen LogP contribution in [0.25, 0.3) is 0 Å². The van der Waals surface area contributed by atoms with Gasteiger partial charge >= 0.3 is 0 Å². The van der Waals surface area contributed by atoms with Crippen molar-refractivity contribution in [1.82, 2.24) is 10.2 Å². The third-order valence-electron chi connectivity index (χ3n) is 3.48. The minimum atomic E-state index is 0.0181. The first-order chi connectivity index (χ1) is 7.68. The van der Waals surface area contributed by atoms with E-state index in [0.29, 0.717) is 18.5 Å². The summed E-state index contributed by atoms with van der Waals surface area (Å²) >= 11 is 0. The van der Waals surface area contributed by atoms with Crippen molar-refractivity contribution in [2.45, 2.75) is 32.7 Å². The molecule has 0 aromatic carbocycles. The zero-order valence-corrected chi connectivity index (χ0v) is 10.2. The largest absolute Gasteiger partial charge is 0.381 e. The molecular weight excluding hydrogens is 204 g/mol. The molecule has 2 rings (SSSR count). The van der Waals surface area contributed by atoms with Gasteiger partial charge in [-0.05, 0) is 18.8 Å². The predicted molar refractivity (Wildman–Crippen MR) is 61.9 cm³/mol. The molecule has 4 nitrogen and oxygen atoms in total. The van der Waals surface area contributed by atoms with Crippen LogP contribution in [-0.2, 0) is 9.53 Å². The van der Waals surface area contributed by atoms with E-state index in [2.05, 4.69) is 19.2 Å². The minimum absolute atomic E-state index is 0.0181. The summed E-state index contributed by atoms with van der Waals surface area (Å²) in [5, 5.41) is 3.28. The van der Waals surface area contributed by atoms with Gasteiger partial charge in [-0.15, -0.1) is 0 Å². The highest BCUT2D eigenvalue weighted by atomic mass is 16.5. The quantitative estimate of drug-likeness (QED) is 0.775. The lowest BCUT2D eigenvalue weighted by atomic mass is 10.0. The van der Waals surface area contributed by atoms with Gasteiger partial charge in [-0.25, -0.2) is 0 Å². The number of carbonyl (C=O) groups is 1. The molecule has 2 fully saturated rings. The fourth-order valence-corrected chi connectivity index (χ4v) is 2.51. The highest BCUT2D eigenvalue weighted by Crippen LogP contribution is 2.18. The summed E-state index contributed by atoms with van der Waals surface area (Å²) in [4.78, 5) is 14.0. The van der Waals surface area contributed by atoms with Crippen LogP contribution in [0.15, 0.2) is 0 Å². The number of nitrogens with one attached hydrogen (secondary N) is 1. The van der Waals surface area contributed by atoms with E-state index >= 15 is 0 Å². The number of ether oxygens (including phenoxy) is 1. The summed E-state index contributed by atoms with van der Waals surface area (Å²) in [6.45, 7) is 7.44. The molecule has 0 saturated carbocycles. The van der Waals surface area contributed by atoms with Gasteiger partial charge in [0.2, 0.25) is 5.91 Å². The highest BCUT2D eigenvalue weighted by Gasteiger charge is 2.34. The van der Waals surface area contributed by atoms with Crippen molar-refractivity contribution < 1.29 is 9.53 Å². The number of hydrogen-bond acceptors (Lipinski definition) is 3. The van der Waals surface area contributed by atoms with Gasteiger partial charge in [0.25, 0.3) is 0 Å². The second-order valence-corrected chi connectivity index (χ2v) is 5.23. The van der Waals surface area contributed by atoms with Crippen molar-refractivity contribution in [1.29, 1.82) is 0 Å². The van der Waals surface area contributed by atoms with Crippen LogP contribution < -0.4 is 5.32 Å². The van der Waals surface area contributed by atoms with Gasteiger partial charge in [0, 0.05) is 19.1 Å². The number of nitrogens with zero attached hydrogens (tertiary/aromatic N) is 1. The van der Waals surface area contributed by atoms with Gasteiger partial charge in [0.15, 0.2) is 0 Å². The smallest absolute Gasteiger partial charge is 0.241 e. The first kappa shape index (κ1) is 11.9. The lowest BCUT2D eigenvalue weighted by Crippen LogP contribution is -2.38. The van der Waals surface area contributed by atoms with Crippen LogP contribution in [0.3, 0.4) is 0 Å². The molecule has 0 aromatic rings. The Hall–Kier alpha value is -0.610. The van der Waals surface area contributed by atoms with E-state index in [0.717, 1.165) is 26.2 Å². The van der Waals surface area contributed by atoms with E-state index in [1.807, 2.05) is 4.90 Å². The first-order valence-electron chi connectivity index (χ1n) is 6.28. The summed E-state index contributed by atoms with van der Waals surface area (Å²) in [7, 11) is 0. The maximum atomic E-state index is 12.0. The van der Waals surface area contributed by atoms with Crippen LogP contribution in [0, 0.1) is 11.8 Å². The van der Waals surface area contributed by atoms with E-state index in [-0.39, 0.29) is 11.9 Å². The standard InChI is InChI=1S/C12H22N2O2/c1-9(2)11-12(15)14(8-13-11)6-10-4-3-5-16-7-10/h9-11,13H,3-8H2,1-2H3. The Kier molecular flexibility index (Phi) is 3.82. The third kappa shape index (κ3) is 2.55. The van der Waals surface area contributed by atoms with Crippen LogP contribution in [0.2, 0.25) is 0 Å². The second kappa shape index (κ2) is 5.15. The Bertz CT molecular complexity index is 249. The zero-order chi connectivity index (χ0) is 11.5. The van der Waals surface area contributed by atoms with E-state index in [1.165, 1.54) is 6.42 Å². The summed E-state index contributed by atoms with van der Waals surface area (Å²) in [6.07, 6.45) is 2.32. The molecule has 2 heterocycles. The molecule has 1 amide bonds. The van der Waals surface area contributed by atoms with Crippen LogP contribution >= 0.6 is 0 Å². The molecule has 2 saturated heterocycles. The molecule has 0 aliphatic carbocycles. The van der Waals surface area contributed by atoms with Crippen molar-refractivity contribution >= 4 is 5.91 Å². The number of carbonyl (C=O) groups excluding carboxylic acids is 1. The molecule has 0 bridgehead atoms. The molecule has 2 aliphatic heterocycles. The Labute approximate surface area is 97.3 Å². The lowest BCUT2D eigenvalue weighted by Gasteiger charge is -2.26. The van der Waals surface area contributed by atoms with Crippen molar-refractivity contribution in [2.24, 2.45) is 11.8 Å². The van der Waals surface area contributed by atoms with Gasteiger partial charge in [-0.3, -0.25) is 10.1 Å². The Morgan fingerprint density at radius 3 is 2.94 bits per heavy atom. The van der Waals surface area contributed by atoms with Crippen LogP contribution in [0.5, 0.6) is 0 Å². The zero-order valence-electron chi connectivity index (χ0n) is 10.2. The predicted octanol–water partition coefficient (Wildman–Crippen LogP) is 0.827. The highest BCUT2D eigenvalue weighted by molar-refractivity contribution is 5.84. The van der Waals surface area contributed by atoms with Gasteiger partial charge < -0.3 is 9.64 Å². The van der Waals surface area contributed by atoms with Crippen LogP contribution in [0.4, 0.5) is 0 Å². The van der Waals surface area contributed by atoms with Crippen LogP contribution in [0.1, 0.15) is 26.7 Å². The van der Waals surface area contributed by atoms with Crippen LogP contribution in [-0.4, -0.2) is 43.3 Å². The second-order valence-electron chi connectivity index (χ2n) is 5.23. The minimum Gasteiger partial charge on any atom is -0.381 e. The monoisotopic (exact) mass is 226 g/mol. The SMILES string of the molecule is CC(C)C1NCN(CC2CCCOC2)C1=O. The Balaban J connectivity index is 1.84. The average molecular weight is 226 g/mol. The molecule has 2 atom stereocenters. The maximum absolute atomic E-state index is 12.0. The molecule has 2 unspecified atom stereocenters. The summed E-state index contributed by atoms with van der Waals surface area (Å²) in [6, 6.07) is 0.0181. The van der Waals surface area contributed by atoms with Crippen molar-refractivity contribution in [3.63, 3.8) is 0 Å². The first-order valence-corrected chi connectivity index (χ1v) is 6.28. The van der Waals surface area contributed by atoms with Gasteiger partial charge in [-0.1, -0.05) is 13.8 Å². The maximum Gasteiger partial charge on any atom is 0.241 e. The van der Waals surface area contributed by atoms with E-state index < -0.39 is 0 Å². The fourth-order valence-electron chi connectivity index (χ4n) is 2.51. The topological polar surface area (TPSA) is 41.6 Å². The Morgan fingerprint density at radius 1 is 1.56 bits per heavy atom. The van der Waals surface area contributed by atoms with Gasteiger partial charge in [0.1, 0.15) is 0 Å².